The Morgan fingerprint density at radius 1 is 1.03 bits per heavy atom. The highest BCUT2D eigenvalue weighted by atomic mass is 19.4. The zero-order valence-electron chi connectivity index (χ0n) is 19.4. The molecule has 0 aliphatic carbocycles. The maximum Gasteiger partial charge on any atom is 0.442 e. The van der Waals surface area contributed by atoms with Crippen molar-refractivity contribution < 1.29 is 27.1 Å². The second-order valence-corrected chi connectivity index (χ2v) is 9.02. The highest BCUT2D eigenvalue weighted by Crippen LogP contribution is 2.53. The van der Waals surface area contributed by atoms with Crippen LogP contribution in [0.2, 0.25) is 0 Å². The minimum atomic E-state index is -4.79. The van der Waals surface area contributed by atoms with E-state index in [9.17, 15) is 18.3 Å². The van der Waals surface area contributed by atoms with Crippen LogP contribution < -0.4 is 4.90 Å². The molecule has 0 spiro atoms. The van der Waals surface area contributed by atoms with Crippen molar-refractivity contribution in [1.29, 1.82) is 0 Å². The first kappa shape index (κ1) is 24.2. The molecule has 2 aliphatic heterocycles. The van der Waals surface area contributed by atoms with Gasteiger partial charge in [-0.25, -0.2) is 14.6 Å². The Kier molecular flexibility index (Phi) is 5.38. The van der Waals surface area contributed by atoms with Crippen molar-refractivity contribution in [3.63, 3.8) is 0 Å². The van der Waals surface area contributed by atoms with Gasteiger partial charge in [-0.05, 0) is 18.1 Å². The van der Waals surface area contributed by atoms with E-state index >= 15 is 8.78 Å². The lowest BCUT2D eigenvalue weighted by Gasteiger charge is -2.21. The van der Waals surface area contributed by atoms with Gasteiger partial charge < -0.3 is 10.0 Å². The van der Waals surface area contributed by atoms with E-state index in [-0.39, 0.29) is 46.8 Å². The standard InChI is InChI=1S/C23H18F5N9O/c24-21(25,14-4-2-1-3-5-14)20-30-18(36-9-7-15(38)12-36)17-19(31-20)37(35-32-17)11-13-6-8-29-10-16(13)22(33-34-22)23(26,27)28/h1-6,8,10,15,38H,7,9,11-12H2. The van der Waals surface area contributed by atoms with E-state index in [0.717, 1.165) is 10.9 Å². The highest BCUT2D eigenvalue weighted by Gasteiger charge is 2.66. The van der Waals surface area contributed by atoms with Crippen LogP contribution in [-0.4, -0.2) is 60.4 Å². The van der Waals surface area contributed by atoms with E-state index in [4.69, 9.17) is 0 Å². The first-order valence-electron chi connectivity index (χ1n) is 11.5. The van der Waals surface area contributed by atoms with Gasteiger partial charge in [-0.1, -0.05) is 35.5 Å². The fraction of sp³-hybridized carbons (Fsp3) is 0.348. The van der Waals surface area contributed by atoms with Crippen LogP contribution in [0.25, 0.3) is 11.2 Å². The minimum Gasteiger partial charge on any atom is -0.391 e. The molecule has 38 heavy (non-hydrogen) atoms. The Morgan fingerprint density at radius 2 is 1.79 bits per heavy atom. The number of alkyl halides is 5. The second-order valence-electron chi connectivity index (χ2n) is 9.02. The molecule has 6 rings (SSSR count). The summed E-state index contributed by atoms with van der Waals surface area (Å²) in [5.74, 6) is -4.38. The highest BCUT2D eigenvalue weighted by molar-refractivity contribution is 5.83. The third-order valence-electron chi connectivity index (χ3n) is 6.53. The molecule has 3 aromatic heterocycles. The number of aliphatic hydroxyl groups excluding tert-OH is 1. The van der Waals surface area contributed by atoms with Crippen molar-refractivity contribution in [2.45, 2.75) is 36.8 Å². The molecule has 1 unspecified atom stereocenters. The lowest BCUT2D eigenvalue weighted by atomic mass is 9.99. The number of nitrogens with zero attached hydrogens (tertiary/aromatic N) is 9. The molecule has 5 heterocycles. The number of hydrogen-bond donors (Lipinski definition) is 1. The number of rotatable bonds is 6. The van der Waals surface area contributed by atoms with Crippen LogP contribution in [0.5, 0.6) is 0 Å². The summed E-state index contributed by atoms with van der Waals surface area (Å²) in [6.45, 7) is 0.176. The maximum absolute atomic E-state index is 15.6. The molecule has 1 N–H and O–H groups in total. The van der Waals surface area contributed by atoms with Crippen molar-refractivity contribution in [3.8, 4) is 0 Å². The number of fused-ring (bicyclic) bond motifs is 1. The van der Waals surface area contributed by atoms with Crippen LogP contribution in [0.3, 0.4) is 0 Å². The molecule has 196 valence electrons. The summed E-state index contributed by atoms with van der Waals surface area (Å²) in [5.41, 5.74) is -3.29. The van der Waals surface area contributed by atoms with Gasteiger partial charge >= 0.3 is 17.8 Å². The van der Waals surface area contributed by atoms with Gasteiger partial charge in [0.2, 0.25) is 5.82 Å². The molecular formula is C23H18F5N9O. The third kappa shape index (κ3) is 3.84. The number of aliphatic hydroxyl groups is 1. The quantitative estimate of drug-likeness (QED) is 0.378. The summed E-state index contributed by atoms with van der Waals surface area (Å²) >= 11 is 0. The predicted molar refractivity (Wildman–Crippen MR) is 121 cm³/mol. The molecule has 1 fully saturated rings. The van der Waals surface area contributed by atoms with E-state index < -0.39 is 29.7 Å². The van der Waals surface area contributed by atoms with E-state index in [1.165, 1.54) is 36.5 Å². The van der Waals surface area contributed by atoms with Crippen LogP contribution in [0, 0.1) is 0 Å². The molecule has 0 bridgehead atoms. The van der Waals surface area contributed by atoms with Crippen molar-refractivity contribution in [2.24, 2.45) is 10.2 Å². The van der Waals surface area contributed by atoms with Gasteiger partial charge in [0.1, 0.15) is 0 Å². The molecule has 1 aromatic carbocycles. The van der Waals surface area contributed by atoms with Crippen molar-refractivity contribution in [2.75, 3.05) is 18.0 Å². The first-order valence-corrected chi connectivity index (χ1v) is 11.5. The van der Waals surface area contributed by atoms with E-state index in [0.29, 0.717) is 13.0 Å². The topological polar surface area (TPSA) is 118 Å². The van der Waals surface area contributed by atoms with Crippen LogP contribution in [0.1, 0.15) is 28.9 Å². The van der Waals surface area contributed by atoms with E-state index in [2.05, 4.69) is 35.5 Å². The average molecular weight is 531 g/mol. The molecule has 1 saturated heterocycles. The lowest BCUT2D eigenvalue weighted by Crippen LogP contribution is -2.31. The number of hydrogen-bond acceptors (Lipinski definition) is 9. The van der Waals surface area contributed by atoms with Gasteiger partial charge in [0.25, 0.3) is 0 Å². The van der Waals surface area contributed by atoms with Crippen LogP contribution in [-0.2, 0) is 18.1 Å². The molecule has 0 radical (unpaired) electrons. The number of halogens is 5. The summed E-state index contributed by atoms with van der Waals surface area (Å²) in [4.78, 5) is 13.6. The fourth-order valence-corrected chi connectivity index (χ4v) is 4.48. The van der Waals surface area contributed by atoms with Gasteiger partial charge in [-0.15, -0.1) is 15.3 Å². The van der Waals surface area contributed by atoms with E-state index in [1.807, 2.05) is 0 Å². The van der Waals surface area contributed by atoms with Crippen molar-refractivity contribution in [3.05, 3.63) is 71.3 Å². The molecule has 0 amide bonds. The minimum absolute atomic E-state index is 0.0531. The van der Waals surface area contributed by atoms with Gasteiger partial charge in [0.05, 0.1) is 12.6 Å². The molecule has 10 nitrogen and oxygen atoms in total. The monoisotopic (exact) mass is 531 g/mol. The Hall–Kier alpha value is -4.14. The summed E-state index contributed by atoms with van der Waals surface area (Å²) < 4.78 is 73.4. The summed E-state index contributed by atoms with van der Waals surface area (Å²) in [5, 5.41) is 24.6. The Bertz CT molecular complexity index is 1530. The number of anilines is 1. The summed E-state index contributed by atoms with van der Waals surface area (Å²) in [6.07, 6.45) is -2.76. The lowest BCUT2D eigenvalue weighted by molar-refractivity contribution is -0.166. The number of β-amino-alcohol motifs (C(OH)–C–C–N with tert-alkyl or cyclic N) is 1. The van der Waals surface area contributed by atoms with Crippen LogP contribution in [0.15, 0.2) is 59.0 Å². The molecule has 15 heteroatoms. The zero-order valence-corrected chi connectivity index (χ0v) is 19.4. The van der Waals surface area contributed by atoms with E-state index in [1.54, 1.807) is 11.0 Å². The fourth-order valence-electron chi connectivity index (χ4n) is 4.48. The van der Waals surface area contributed by atoms with Crippen molar-refractivity contribution >= 4 is 17.0 Å². The molecular weight excluding hydrogens is 513 g/mol. The largest absolute Gasteiger partial charge is 0.442 e. The zero-order chi connectivity index (χ0) is 26.7. The molecule has 0 saturated carbocycles. The Labute approximate surface area is 210 Å². The Morgan fingerprint density at radius 3 is 2.45 bits per heavy atom. The molecule has 2 aliphatic rings. The molecule has 4 aromatic rings. The van der Waals surface area contributed by atoms with Gasteiger partial charge in [-0.3, -0.25) is 4.98 Å². The normalized spacial score (nSPS) is 18.9. The first-order chi connectivity index (χ1) is 18.1. The van der Waals surface area contributed by atoms with Crippen LogP contribution in [0.4, 0.5) is 27.8 Å². The summed E-state index contributed by atoms with van der Waals surface area (Å²) in [6, 6.07) is 8.34. The summed E-state index contributed by atoms with van der Waals surface area (Å²) in [7, 11) is 0. The van der Waals surface area contributed by atoms with Crippen molar-refractivity contribution in [1.82, 2.24) is 29.9 Å². The van der Waals surface area contributed by atoms with Crippen LogP contribution >= 0.6 is 0 Å². The average Bonchev–Trinajstić information content (AvgIpc) is 3.47. The smallest absolute Gasteiger partial charge is 0.391 e. The number of aromatic nitrogens is 6. The van der Waals surface area contributed by atoms with Gasteiger partial charge in [-0.2, -0.15) is 22.0 Å². The number of pyridine rings is 1. The predicted octanol–water partition coefficient (Wildman–Crippen LogP) is 3.56. The Balaban J connectivity index is 1.48. The SMILES string of the molecule is OC1CCN(c2nc(C(F)(F)c3ccccc3)nc3c2nnn3Cc2ccncc2C2(C(F)(F)F)N=N2)C1. The maximum atomic E-state index is 15.6. The molecule has 1 atom stereocenters. The third-order valence-corrected chi connectivity index (χ3v) is 6.53. The van der Waals surface area contributed by atoms with Gasteiger partial charge in [0.15, 0.2) is 17.0 Å². The van der Waals surface area contributed by atoms with Gasteiger partial charge in [0, 0.05) is 36.6 Å². The second kappa shape index (κ2) is 8.44. The number of benzene rings is 1.